The average Bonchev–Trinajstić information content (AvgIpc) is 3.09. The molecule has 0 unspecified atom stereocenters. The molecule has 0 fully saturated rings. The van der Waals surface area contributed by atoms with Crippen molar-refractivity contribution in [2.45, 2.75) is 0 Å². The third-order valence-corrected chi connectivity index (χ3v) is 6.64. The minimum absolute atomic E-state index is 0.280. The minimum atomic E-state index is 0.280. The molecule has 2 heteroatoms. The topological polar surface area (TPSA) is 26.0 Å². The monoisotopic (exact) mass is 375 g/mol. The Hall–Kier alpha value is -2.54. The van der Waals surface area contributed by atoms with Crippen molar-refractivity contribution >= 4 is 20.2 Å². The molecule has 3 aromatic carbocycles. The van der Waals surface area contributed by atoms with Gasteiger partial charge in [0.05, 0.1) is 0 Å². The van der Waals surface area contributed by atoms with Gasteiger partial charge in [0.1, 0.15) is 0 Å². The van der Waals surface area contributed by atoms with E-state index in [4.69, 9.17) is 5.73 Å². The van der Waals surface area contributed by atoms with Crippen LogP contribution in [0.3, 0.4) is 0 Å². The molecule has 4 aromatic rings. The van der Waals surface area contributed by atoms with Crippen molar-refractivity contribution < 1.29 is 0 Å². The molecule has 1 nitrogen and oxygen atoms in total. The van der Waals surface area contributed by atoms with Crippen molar-refractivity contribution in [2.75, 3.05) is 5.73 Å². The summed E-state index contributed by atoms with van der Waals surface area (Å²) in [6.45, 7) is 0. The summed E-state index contributed by atoms with van der Waals surface area (Å²) in [5, 5.41) is 0. The molecular formula is C22H17NSe. The van der Waals surface area contributed by atoms with Crippen LogP contribution in [0.4, 0.5) is 5.69 Å². The quantitative estimate of drug-likeness (QED) is 0.381. The van der Waals surface area contributed by atoms with Crippen molar-refractivity contribution in [3.05, 3.63) is 91.0 Å². The molecule has 1 heterocycles. The summed E-state index contributed by atoms with van der Waals surface area (Å²) in [6.07, 6.45) is 0. The molecule has 1 aromatic heterocycles. The molecule has 0 amide bonds. The van der Waals surface area contributed by atoms with E-state index in [1.807, 2.05) is 12.1 Å². The first kappa shape index (κ1) is 15.0. The Morgan fingerprint density at radius 1 is 0.583 bits per heavy atom. The zero-order valence-electron chi connectivity index (χ0n) is 13.1. The summed E-state index contributed by atoms with van der Waals surface area (Å²) in [7, 11) is 0. The van der Waals surface area contributed by atoms with E-state index < -0.39 is 0 Å². The van der Waals surface area contributed by atoms with Gasteiger partial charge in [-0.2, -0.15) is 0 Å². The second kappa shape index (κ2) is 6.52. The van der Waals surface area contributed by atoms with Gasteiger partial charge in [-0.25, -0.2) is 0 Å². The number of anilines is 1. The third-order valence-electron chi connectivity index (χ3n) is 4.05. The Balaban J connectivity index is 1.89. The molecule has 0 bridgehead atoms. The summed E-state index contributed by atoms with van der Waals surface area (Å²) in [5.41, 5.74) is 11.9. The molecule has 0 spiro atoms. The predicted octanol–water partition coefficient (Wildman–Crippen LogP) is 5.33. The molecule has 0 aliphatic rings. The molecular weight excluding hydrogens is 357 g/mol. The summed E-state index contributed by atoms with van der Waals surface area (Å²) >= 11 is 0.280. The Kier molecular flexibility index (Phi) is 4.08. The van der Waals surface area contributed by atoms with E-state index in [9.17, 15) is 0 Å². The normalized spacial score (nSPS) is 10.7. The third kappa shape index (κ3) is 2.94. The van der Waals surface area contributed by atoms with E-state index in [-0.39, 0.29) is 14.5 Å². The fraction of sp³-hybridized carbons (Fsp3) is 0. The van der Waals surface area contributed by atoms with Gasteiger partial charge in [-0.15, -0.1) is 0 Å². The second-order valence-electron chi connectivity index (χ2n) is 5.71. The van der Waals surface area contributed by atoms with Crippen LogP contribution in [0.1, 0.15) is 0 Å². The van der Waals surface area contributed by atoms with Gasteiger partial charge in [0.2, 0.25) is 0 Å². The fourth-order valence-electron chi connectivity index (χ4n) is 2.82. The Morgan fingerprint density at radius 2 is 1.17 bits per heavy atom. The number of nitrogens with two attached hydrogens (primary N) is 1. The summed E-state index contributed by atoms with van der Waals surface area (Å²) in [4.78, 5) is 0. The number of rotatable bonds is 3. The molecule has 2 N–H and O–H groups in total. The van der Waals surface area contributed by atoms with Crippen LogP contribution in [-0.4, -0.2) is 14.5 Å². The van der Waals surface area contributed by atoms with Crippen LogP contribution in [0.15, 0.2) is 91.0 Å². The van der Waals surface area contributed by atoms with Crippen molar-refractivity contribution in [3.8, 4) is 31.1 Å². The van der Waals surface area contributed by atoms with E-state index in [0.717, 1.165) is 5.69 Å². The van der Waals surface area contributed by atoms with E-state index in [1.165, 1.54) is 31.1 Å². The van der Waals surface area contributed by atoms with E-state index in [0.29, 0.717) is 0 Å². The van der Waals surface area contributed by atoms with Gasteiger partial charge in [0, 0.05) is 0 Å². The van der Waals surface area contributed by atoms with Gasteiger partial charge in [-0.05, 0) is 0 Å². The first-order valence-corrected chi connectivity index (χ1v) is 9.63. The number of nitrogen functional groups attached to an aromatic ring is 1. The van der Waals surface area contributed by atoms with Crippen LogP contribution in [0.25, 0.3) is 31.1 Å². The SMILES string of the molecule is Nc1ccc(-c2cc(-c3ccccc3)c(-c3ccccc3)[se]2)cc1. The van der Waals surface area contributed by atoms with Crippen LogP contribution in [0.2, 0.25) is 0 Å². The van der Waals surface area contributed by atoms with Gasteiger partial charge in [-0.1, -0.05) is 0 Å². The van der Waals surface area contributed by atoms with Gasteiger partial charge in [0.25, 0.3) is 0 Å². The van der Waals surface area contributed by atoms with Gasteiger partial charge in [-0.3, -0.25) is 0 Å². The molecule has 4 rings (SSSR count). The molecule has 0 aliphatic heterocycles. The van der Waals surface area contributed by atoms with E-state index in [2.05, 4.69) is 78.9 Å². The second-order valence-corrected chi connectivity index (χ2v) is 7.92. The molecule has 0 atom stereocenters. The van der Waals surface area contributed by atoms with Gasteiger partial charge in [0.15, 0.2) is 0 Å². The molecule has 0 saturated carbocycles. The molecule has 24 heavy (non-hydrogen) atoms. The van der Waals surface area contributed by atoms with Crippen LogP contribution in [0.5, 0.6) is 0 Å². The van der Waals surface area contributed by atoms with Gasteiger partial charge >= 0.3 is 148 Å². The number of hydrogen-bond acceptors (Lipinski definition) is 1. The number of hydrogen-bond donors (Lipinski definition) is 1. The first-order valence-electron chi connectivity index (χ1n) is 7.92. The van der Waals surface area contributed by atoms with Crippen LogP contribution < -0.4 is 5.73 Å². The summed E-state index contributed by atoms with van der Waals surface area (Å²) < 4.78 is 2.85. The Morgan fingerprint density at radius 3 is 1.79 bits per heavy atom. The summed E-state index contributed by atoms with van der Waals surface area (Å²) in [6, 6.07) is 31.9. The molecule has 0 aliphatic carbocycles. The zero-order valence-corrected chi connectivity index (χ0v) is 14.9. The van der Waals surface area contributed by atoms with Crippen LogP contribution in [-0.2, 0) is 0 Å². The average molecular weight is 374 g/mol. The van der Waals surface area contributed by atoms with Crippen molar-refractivity contribution in [2.24, 2.45) is 0 Å². The molecule has 116 valence electrons. The molecule has 0 saturated heterocycles. The van der Waals surface area contributed by atoms with Crippen molar-refractivity contribution in [1.29, 1.82) is 0 Å². The van der Waals surface area contributed by atoms with Crippen LogP contribution in [0, 0.1) is 0 Å². The standard InChI is InChI=1S/C22H17NSe/c23-19-13-11-17(12-14-19)21-15-20(16-7-3-1-4-8-16)22(24-21)18-9-5-2-6-10-18/h1-15H,23H2. The van der Waals surface area contributed by atoms with E-state index in [1.54, 1.807) is 0 Å². The fourth-order valence-corrected chi connectivity index (χ4v) is 5.32. The number of benzene rings is 3. The zero-order chi connectivity index (χ0) is 16.4. The van der Waals surface area contributed by atoms with Crippen LogP contribution >= 0.6 is 0 Å². The van der Waals surface area contributed by atoms with E-state index >= 15 is 0 Å². The van der Waals surface area contributed by atoms with Crippen molar-refractivity contribution in [1.82, 2.24) is 0 Å². The predicted molar refractivity (Wildman–Crippen MR) is 104 cm³/mol. The van der Waals surface area contributed by atoms with Gasteiger partial charge < -0.3 is 0 Å². The maximum absolute atomic E-state index is 5.84. The molecule has 0 radical (unpaired) electrons. The Labute approximate surface area is 148 Å². The van der Waals surface area contributed by atoms with Crippen molar-refractivity contribution in [3.63, 3.8) is 0 Å². The first-order chi connectivity index (χ1) is 11.8. The Bertz CT molecular complexity index is 881. The maximum atomic E-state index is 5.84. The summed E-state index contributed by atoms with van der Waals surface area (Å²) in [5.74, 6) is 0.